The molecule has 1 atom stereocenters. The first-order valence-electron chi connectivity index (χ1n) is 6.57. The van der Waals surface area contributed by atoms with E-state index in [9.17, 15) is 20.0 Å². The number of anilines is 1. The molecule has 0 saturated heterocycles. The van der Waals surface area contributed by atoms with Crippen LogP contribution in [0.2, 0.25) is 5.02 Å². The summed E-state index contributed by atoms with van der Waals surface area (Å²) in [4.78, 5) is 23.2. The van der Waals surface area contributed by atoms with E-state index in [0.717, 1.165) is 4.90 Å². The lowest BCUT2D eigenvalue weighted by Gasteiger charge is -2.13. The van der Waals surface area contributed by atoms with Crippen LogP contribution in [0.3, 0.4) is 0 Å². The molecule has 120 valence electrons. The Morgan fingerprint density at radius 2 is 1.96 bits per heavy atom. The van der Waals surface area contributed by atoms with Gasteiger partial charge in [0.25, 0.3) is 5.69 Å². The largest absolute Gasteiger partial charge is 0.508 e. The van der Waals surface area contributed by atoms with Gasteiger partial charge in [0.2, 0.25) is 5.91 Å². The highest BCUT2D eigenvalue weighted by molar-refractivity contribution is 8.00. The fourth-order valence-corrected chi connectivity index (χ4v) is 2.77. The molecule has 0 radical (unpaired) electrons. The Bertz CT molecular complexity index is 737. The number of nitrogens with zero attached hydrogens (tertiary/aromatic N) is 1. The van der Waals surface area contributed by atoms with Crippen LogP contribution in [0.4, 0.5) is 11.4 Å². The lowest BCUT2D eigenvalue weighted by molar-refractivity contribution is -0.384. The molecule has 2 aromatic carbocycles. The molecule has 0 aliphatic carbocycles. The number of phenolic OH excluding ortho intramolecular Hbond substituents is 1. The van der Waals surface area contributed by atoms with Crippen LogP contribution in [0.1, 0.15) is 6.92 Å². The third-order valence-electron chi connectivity index (χ3n) is 2.94. The molecule has 1 amide bonds. The summed E-state index contributed by atoms with van der Waals surface area (Å²) in [6.07, 6.45) is 0. The van der Waals surface area contributed by atoms with Crippen LogP contribution in [-0.4, -0.2) is 21.2 Å². The predicted octanol–water partition coefficient (Wildman–Crippen LogP) is 4.07. The van der Waals surface area contributed by atoms with Crippen molar-refractivity contribution in [2.24, 2.45) is 0 Å². The highest BCUT2D eigenvalue weighted by atomic mass is 35.5. The average Bonchev–Trinajstić information content (AvgIpc) is 2.51. The van der Waals surface area contributed by atoms with Gasteiger partial charge in [-0.25, -0.2) is 0 Å². The zero-order valence-corrected chi connectivity index (χ0v) is 13.6. The third kappa shape index (κ3) is 4.61. The summed E-state index contributed by atoms with van der Waals surface area (Å²) in [6.45, 7) is 1.71. The van der Waals surface area contributed by atoms with Crippen molar-refractivity contribution < 1.29 is 14.8 Å². The highest BCUT2D eigenvalue weighted by Crippen LogP contribution is 2.29. The first kappa shape index (κ1) is 17.1. The summed E-state index contributed by atoms with van der Waals surface area (Å²) in [6, 6.07) is 10.3. The van der Waals surface area contributed by atoms with Crippen LogP contribution in [0, 0.1) is 10.1 Å². The standard InChI is InChI=1S/C15H13ClN2O4S/c1-9(23-12-5-3-11(19)4-6-12)15(20)17-14-8-10(18(21)22)2-7-13(14)16/h2-9,19H,1H3,(H,17,20)/t9-/m0/s1. The monoisotopic (exact) mass is 352 g/mol. The molecule has 2 rings (SSSR count). The quantitative estimate of drug-likeness (QED) is 0.480. The van der Waals surface area contributed by atoms with Gasteiger partial charge in [-0.2, -0.15) is 0 Å². The number of benzene rings is 2. The van der Waals surface area contributed by atoms with E-state index in [1.807, 2.05) is 0 Å². The first-order chi connectivity index (χ1) is 10.9. The van der Waals surface area contributed by atoms with Gasteiger partial charge in [-0.3, -0.25) is 14.9 Å². The van der Waals surface area contributed by atoms with Crippen molar-refractivity contribution in [2.75, 3.05) is 5.32 Å². The molecular formula is C15H13ClN2O4S. The molecule has 0 saturated carbocycles. The lowest BCUT2D eigenvalue weighted by atomic mass is 10.2. The van der Waals surface area contributed by atoms with Crippen molar-refractivity contribution in [3.8, 4) is 5.75 Å². The Labute approximate surface area is 141 Å². The van der Waals surface area contributed by atoms with Crippen molar-refractivity contribution in [2.45, 2.75) is 17.1 Å². The zero-order valence-electron chi connectivity index (χ0n) is 12.0. The number of halogens is 1. The number of non-ortho nitro benzene ring substituents is 1. The normalized spacial score (nSPS) is 11.7. The number of hydrogen-bond acceptors (Lipinski definition) is 5. The number of nitro groups is 1. The maximum absolute atomic E-state index is 12.2. The number of aromatic hydroxyl groups is 1. The van der Waals surface area contributed by atoms with Gasteiger partial charge in [-0.05, 0) is 37.3 Å². The number of nitro benzene ring substituents is 1. The second kappa shape index (κ2) is 7.34. The molecule has 0 aliphatic heterocycles. The van der Waals surface area contributed by atoms with Gasteiger partial charge in [0.05, 0.1) is 20.9 Å². The summed E-state index contributed by atoms with van der Waals surface area (Å²) in [7, 11) is 0. The minimum Gasteiger partial charge on any atom is -0.508 e. The van der Waals surface area contributed by atoms with Crippen LogP contribution >= 0.6 is 23.4 Å². The van der Waals surface area contributed by atoms with E-state index >= 15 is 0 Å². The number of phenols is 1. The van der Waals surface area contributed by atoms with Gasteiger partial charge >= 0.3 is 0 Å². The van der Waals surface area contributed by atoms with E-state index in [2.05, 4.69) is 5.32 Å². The molecule has 0 aromatic heterocycles. The van der Waals surface area contributed by atoms with E-state index in [1.54, 1.807) is 19.1 Å². The number of amides is 1. The highest BCUT2D eigenvalue weighted by Gasteiger charge is 2.17. The Balaban J connectivity index is 2.07. The summed E-state index contributed by atoms with van der Waals surface area (Å²) in [5.41, 5.74) is 0.0487. The van der Waals surface area contributed by atoms with Gasteiger partial charge in [0, 0.05) is 17.0 Å². The molecule has 2 N–H and O–H groups in total. The van der Waals surface area contributed by atoms with E-state index in [0.29, 0.717) is 0 Å². The van der Waals surface area contributed by atoms with Crippen LogP contribution in [-0.2, 0) is 4.79 Å². The average molecular weight is 353 g/mol. The molecule has 6 nitrogen and oxygen atoms in total. The molecule has 23 heavy (non-hydrogen) atoms. The maximum atomic E-state index is 12.2. The third-order valence-corrected chi connectivity index (χ3v) is 4.38. The second-order valence-corrected chi connectivity index (χ2v) is 6.49. The Hall–Kier alpha value is -2.25. The number of nitrogens with one attached hydrogen (secondary N) is 1. The summed E-state index contributed by atoms with van der Waals surface area (Å²) >= 11 is 7.25. The minimum absolute atomic E-state index is 0.148. The van der Waals surface area contributed by atoms with E-state index in [1.165, 1.54) is 42.1 Å². The molecule has 0 heterocycles. The molecular weight excluding hydrogens is 340 g/mol. The van der Waals surface area contributed by atoms with Gasteiger partial charge in [-0.1, -0.05) is 11.6 Å². The SMILES string of the molecule is C[C@H](Sc1ccc(O)cc1)C(=O)Nc1cc([N+](=O)[O-])ccc1Cl. The number of thioether (sulfide) groups is 1. The lowest BCUT2D eigenvalue weighted by Crippen LogP contribution is -2.22. The summed E-state index contributed by atoms with van der Waals surface area (Å²) < 4.78 is 0. The van der Waals surface area contributed by atoms with Gasteiger partial charge in [0.1, 0.15) is 5.75 Å². The van der Waals surface area contributed by atoms with E-state index in [-0.39, 0.29) is 28.1 Å². The van der Waals surface area contributed by atoms with Crippen molar-refractivity contribution >= 4 is 40.6 Å². The Morgan fingerprint density at radius 3 is 2.57 bits per heavy atom. The molecule has 0 unspecified atom stereocenters. The number of hydrogen-bond donors (Lipinski definition) is 2. The van der Waals surface area contributed by atoms with Crippen molar-refractivity contribution in [1.29, 1.82) is 0 Å². The molecule has 0 bridgehead atoms. The summed E-state index contributed by atoms with van der Waals surface area (Å²) in [5, 5.41) is 22.4. The van der Waals surface area contributed by atoms with Crippen LogP contribution < -0.4 is 5.32 Å². The molecule has 8 heteroatoms. The second-order valence-electron chi connectivity index (χ2n) is 4.66. The molecule has 0 fully saturated rings. The molecule has 0 spiro atoms. The molecule has 2 aromatic rings. The van der Waals surface area contributed by atoms with Crippen molar-refractivity contribution in [1.82, 2.24) is 0 Å². The Morgan fingerprint density at radius 1 is 1.30 bits per heavy atom. The zero-order chi connectivity index (χ0) is 17.0. The Kier molecular flexibility index (Phi) is 5.46. The van der Waals surface area contributed by atoms with Crippen molar-refractivity contribution in [3.63, 3.8) is 0 Å². The van der Waals surface area contributed by atoms with Crippen molar-refractivity contribution in [3.05, 3.63) is 57.6 Å². The molecule has 0 aliphatic rings. The van der Waals surface area contributed by atoms with Gasteiger partial charge in [0.15, 0.2) is 0 Å². The van der Waals surface area contributed by atoms with Crippen LogP contribution in [0.15, 0.2) is 47.4 Å². The summed E-state index contributed by atoms with van der Waals surface area (Å²) in [5.74, 6) is -0.180. The van der Waals surface area contributed by atoms with Crippen LogP contribution in [0.5, 0.6) is 5.75 Å². The smallest absolute Gasteiger partial charge is 0.271 e. The van der Waals surface area contributed by atoms with Gasteiger partial charge in [-0.15, -0.1) is 11.8 Å². The number of rotatable bonds is 5. The van der Waals surface area contributed by atoms with Gasteiger partial charge < -0.3 is 10.4 Å². The minimum atomic E-state index is -0.555. The first-order valence-corrected chi connectivity index (χ1v) is 7.83. The predicted molar refractivity (Wildman–Crippen MR) is 90.2 cm³/mol. The van der Waals surface area contributed by atoms with Crippen LogP contribution in [0.25, 0.3) is 0 Å². The topological polar surface area (TPSA) is 92.5 Å². The number of carbonyl (C=O) groups is 1. The van der Waals surface area contributed by atoms with E-state index < -0.39 is 10.2 Å². The fourth-order valence-electron chi connectivity index (χ4n) is 1.74. The van der Waals surface area contributed by atoms with E-state index in [4.69, 9.17) is 11.6 Å². The fraction of sp³-hybridized carbons (Fsp3) is 0.133. The number of carbonyl (C=O) groups excluding carboxylic acids is 1. The maximum Gasteiger partial charge on any atom is 0.271 e.